The zero-order valence-corrected chi connectivity index (χ0v) is 13.5. The lowest BCUT2D eigenvalue weighted by Crippen LogP contribution is -2.13. The van der Waals surface area contributed by atoms with Crippen LogP contribution in [0.5, 0.6) is 0 Å². The zero-order chi connectivity index (χ0) is 17.7. The third-order valence-corrected chi connectivity index (χ3v) is 3.61. The second kappa shape index (κ2) is 7.59. The predicted molar refractivity (Wildman–Crippen MR) is 91.8 cm³/mol. The maximum atomic E-state index is 12.2. The number of nitrogens with zero attached hydrogens (tertiary/aromatic N) is 2. The molecule has 1 amide bonds. The Morgan fingerprint density at radius 2 is 1.92 bits per heavy atom. The normalized spacial score (nSPS) is 10.8. The van der Waals surface area contributed by atoms with E-state index in [4.69, 9.17) is 28.5 Å². The summed E-state index contributed by atoms with van der Waals surface area (Å²) in [5, 5.41) is 22.9. The number of benzene rings is 2. The van der Waals surface area contributed by atoms with Gasteiger partial charge in [0.15, 0.2) is 0 Å². The molecule has 0 aliphatic heterocycles. The van der Waals surface area contributed by atoms with E-state index >= 15 is 0 Å². The summed E-state index contributed by atoms with van der Waals surface area (Å²) >= 11 is 11.7. The number of hydrogen-bond acceptors (Lipinski definition) is 4. The third-order valence-electron chi connectivity index (χ3n) is 2.97. The van der Waals surface area contributed by atoms with E-state index in [2.05, 4.69) is 5.32 Å². The number of halogens is 2. The number of carbonyl (C=O) groups is 1. The highest BCUT2D eigenvalue weighted by molar-refractivity contribution is 6.34. The number of para-hydroxylation sites is 1. The maximum absolute atomic E-state index is 12.2. The first-order valence-electron chi connectivity index (χ1n) is 6.54. The van der Waals surface area contributed by atoms with Gasteiger partial charge in [-0.15, -0.1) is 0 Å². The van der Waals surface area contributed by atoms with Crippen LogP contribution in [0.1, 0.15) is 5.56 Å². The van der Waals surface area contributed by atoms with Crippen LogP contribution in [0, 0.1) is 21.4 Å². The van der Waals surface area contributed by atoms with Crippen LogP contribution in [0.3, 0.4) is 0 Å². The van der Waals surface area contributed by atoms with Crippen LogP contribution in [0.4, 0.5) is 11.4 Å². The smallest absolute Gasteiger partial charge is 0.288 e. The largest absolute Gasteiger partial charge is 0.320 e. The quantitative estimate of drug-likeness (QED) is 0.376. The molecular formula is C16H9Cl2N3O3. The lowest BCUT2D eigenvalue weighted by Gasteiger charge is -2.06. The van der Waals surface area contributed by atoms with E-state index in [-0.39, 0.29) is 16.3 Å². The van der Waals surface area contributed by atoms with Crippen molar-refractivity contribution in [1.29, 1.82) is 5.26 Å². The molecule has 120 valence electrons. The first-order chi connectivity index (χ1) is 11.4. The standard InChI is InChI=1S/C16H9Cl2N3O3/c17-12-3-1-2-4-14(12)20-16(22)11(9-19)7-10-5-6-13(18)15(8-10)21(23)24/h1-8H,(H,20,22)/b11-7-. The second-order valence-electron chi connectivity index (χ2n) is 4.57. The molecule has 8 heteroatoms. The van der Waals surface area contributed by atoms with Gasteiger partial charge in [0.1, 0.15) is 16.7 Å². The van der Waals surface area contributed by atoms with Gasteiger partial charge in [-0.25, -0.2) is 0 Å². The summed E-state index contributed by atoms with van der Waals surface area (Å²) in [6.45, 7) is 0. The second-order valence-corrected chi connectivity index (χ2v) is 5.39. The summed E-state index contributed by atoms with van der Waals surface area (Å²) in [6.07, 6.45) is 1.23. The molecule has 24 heavy (non-hydrogen) atoms. The Hall–Kier alpha value is -2.88. The van der Waals surface area contributed by atoms with Crippen molar-refractivity contribution in [1.82, 2.24) is 0 Å². The molecule has 0 atom stereocenters. The van der Waals surface area contributed by atoms with Crippen molar-refractivity contribution in [2.24, 2.45) is 0 Å². The van der Waals surface area contributed by atoms with Gasteiger partial charge >= 0.3 is 0 Å². The van der Waals surface area contributed by atoms with Gasteiger partial charge in [0, 0.05) is 6.07 Å². The van der Waals surface area contributed by atoms with Crippen molar-refractivity contribution in [2.45, 2.75) is 0 Å². The molecule has 6 nitrogen and oxygen atoms in total. The van der Waals surface area contributed by atoms with E-state index in [9.17, 15) is 14.9 Å². The van der Waals surface area contributed by atoms with E-state index in [0.29, 0.717) is 16.3 Å². The van der Waals surface area contributed by atoms with E-state index in [1.165, 1.54) is 24.3 Å². The van der Waals surface area contributed by atoms with Gasteiger partial charge in [-0.1, -0.05) is 41.4 Å². The summed E-state index contributed by atoms with van der Waals surface area (Å²) in [4.78, 5) is 22.4. The molecule has 0 saturated heterocycles. The van der Waals surface area contributed by atoms with Crippen molar-refractivity contribution in [3.8, 4) is 6.07 Å². The Labute approximate surface area is 147 Å². The van der Waals surface area contributed by atoms with Crippen LogP contribution in [0.25, 0.3) is 6.08 Å². The van der Waals surface area contributed by atoms with Crippen molar-refractivity contribution >= 4 is 46.6 Å². The van der Waals surface area contributed by atoms with Crippen molar-refractivity contribution < 1.29 is 9.72 Å². The minimum Gasteiger partial charge on any atom is -0.320 e. The highest BCUT2D eigenvalue weighted by Gasteiger charge is 2.15. The van der Waals surface area contributed by atoms with Crippen LogP contribution in [0.2, 0.25) is 10.0 Å². The first kappa shape index (κ1) is 17.5. The molecule has 0 spiro atoms. The third kappa shape index (κ3) is 4.10. The lowest BCUT2D eigenvalue weighted by atomic mass is 10.1. The molecule has 0 heterocycles. The van der Waals surface area contributed by atoms with Gasteiger partial charge in [-0.2, -0.15) is 5.26 Å². The molecule has 0 aromatic heterocycles. The fraction of sp³-hybridized carbons (Fsp3) is 0. The lowest BCUT2D eigenvalue weighted by molar-refractivity contribution is -0.384. The van der Waals surface area contributed by atoms with Crippen molar-refractivity contribution in [3.63, 3.8) is 0 Å². The van der Waals surface area contributed by atoms with Gasteiger partial charge < -0.3 is 5.32 Å². The van der Waals surface area contributed by atoms with Crippen LogP contribution in [0.15, 0.2) is 48.0 Å². The summed E-state index contributed by atoms with van der Waals surface area (Å²) in [5.74, 6) is -0.678. The molecule has 2 rings (SSSR count). The monoisotopic (exact) mass is 361 g/mol. The topological polar surface area (TPSA) is 96.0 Å². The number of nitro benzene ring substituents is 1. The van der Waals surface area contributed by atoms with Gasteiger partial charge in [0.25, 0.3) is 11.6 Å². The molecule has 2 aromatic rings. The van der Waals surface area contributed by atoms with Gasteiger partial charge in [-0.3, -0.25) is 14.9 Å². The average molecular weight is 362 g/mol. The molecule has 0 fully saturated rings. The summed E-state index contributed by atoms with van der Waals surface area (Å²) in [6, 6.07) is 12.3. The SMILES string of the molecule is N#C/C(=C/c1ccc(Cl)c([N+](=O)[O-])c1)C(=O)Nc1ccccc1Cl. The Morgan fingerprint density at radius 3 is 2.54 bits per heavy atom. The molecule has 2 aromatic carbocycles. The number of rotatable bonds is 4. The highest BCUT2D eigenvalue weighted by Crippen LogP contribution is 2.26. The number of amides is 1. The zero-order valence-electron chi connectivity index (χ0n) is 12.0. The Bertz CT molecular complexity index is 888. The minimum absolute atomic E-state index is 0.0313. The van der Waals surface area contributed by atoms with Crippen LogP contribution in [-0.4, -0.2) is 10.8 Å². The fourth-order valence-electron chi connectivity index (χ4n) is 1.83. The molecule has 0 aliphatic carbocycles. The summed E-state index contributed by atoms with van der Waals surface area (Å²) < 4.78 is 0. The molecule has 0 aliphatic rings. The summed E-state index contributed by atoms with van der Waals surface area (Å²) in [5.41, 5.74) is 0.116. The average Bonchev–Trinajstić information content (AvgIpc) is 2.55. The van der Waals surface area contributed by atoms with E-state index in [1.54, 1.807) is 30.3 Å². The predicted octanol–water partition coefficient (Wildman–Crippen LogP) is 4.45. The summed E-state index contributed by atoms with van der Waals surface area (Å²) in [7, 11) is 0. The Morgan fingerprint density at radius 1 is 1.21 bits per heavy atom. The highest BCUT2D eigenvalue weighted by atomic mass is 35.5. The van der Waals surface area contributed by atoms with Crippen LogP contribution in [-0.2, 0) is 4.79 Å². The van der Waals surface area contributed by atoms with Gasteiger partial charge in [-0.05, 0) is 29.8 Å². The molecule has 0 radical (unpaired) electrons. The number of nitro groups is 1. The minimum atomic E-state index is -0.678. The van der Waals surface area contributed by atoms with E-state index in [1.807, 2.05) is 0 Å². The molecular weight excluding hydrogens is 353 g/mol. The number of nitriles is 1. The van der Waals surface area contributed by atoms with Crippen molar-refractivity contribution in [3.05, 3.63) is 73.8 Å². The van der Waals surface area contributed by atoms with Crippen LogP contribution < -0.4 is 5.32 Å². The molecule has 0 bridgehead atoms. The van der Waals surface area contributed by atoms with Gasteiger partial charge in [0.2, 0.25) is 0 Å². The Balaban J connectivity index is 2.31. The molecule has 0 unspecified atom stereocenters. The maximum Gasteiger partial charge on any atom is 0.288 e. The molecule has 1 N–H and O–H groups in total. The molecule has 0 saturated carbocycles. The fourth-order valence-corrected chi connectivity index (χ4v) is 2.20. The number of anilines is 1. The number of hydrogen-bond donors (Lipinski definition) is 1. The number of carbonyl (C=O) groups excluding carboxylic acids is 1. The number of nitrogens with one attached hydrogen (secondary N) is 1. The van der Waals surface area contributed by atoms with E-state index in [0.717, 1.165) is 0 Å². The van der Waals surface area contributed by atoms with Crippen molar-refractivity contribution in [2.75, 3.05) is 5.32 Å². The van der Waals surface area contributed by atoms with Crippen LogP contribution >= 0.6 is 23.2 Å². The first-order valence-corrected chi connectivity index (χ1v) is 7.29. The Kier molecular flexibility index (Phi) is 5.53. The van der Waals surface area contributed by atoms with Gasteiger partial charge in [0.05, 0.1) is 15.6 Å². The van der Waals surface area contributed by atoms with E-state index < -0.39 is 10.8 Å².